The molecule has 0 saturated carbocycles. The van der Waals surface area contributed by atoms with E-state index in [1.807, 2.05) is 6.20 Å². The van der Waals surface area contributed by atoms with E-state index in [-0.39, 0.29) is 0 Å². The van der Waals surface area contributed by atoms with Crippen molar-refractivity contribution in [3.63, 3.8) is 0 Å². The average molecular weight is 242 g/mol. The number of fused-ring (bicyclic) bond motifs is 1. The summed E-state index contributed by atoms with van der Waals surface area (Å²) in [6, 6.07) is 2.07. The predicted octanol–water partition coefficient (Wildman–Crippen LogP) is 2.10. The van der Waals surface area contributed by atoms with Crippen LogP contribution in [0.2, 0.25) is 0 Å². The Morgan fingerprint density at radius 2 is 2.54 bits per heavy atom. The molecule has 0 spiro atoms. The molecule has 1 N–H and O–H groups in total. The van der Waals surface area contributed by atoms with E-state index >= 15 is 0 Å². The fourth-order valence-electron chi connectivity index (χ4n) is 1.55. The van der Waals surface area contributed by atoms with Crippen molar-refractivity contribution in [1.29, 1.82) is 0 Å². The minimum absolute atomic E-state index is 0.999. The molecule has 4 heteroatoms. The maximum Gasteiger partial charge on any atom is 0.152 e. The lowest BCUT2D eigenvalue weighted by atomic mass is 10.3. The highest BCUT2D eigenvalue weighted by Crippen LogP contribution is 2.28. The summed E-state index contributed by atoms with van der Waals surface area (Å²) in [5, 5.41) is 3.33. The maximum absolute atomic E-state index is 4.39. The Balaban J connectivity index is 2.40. The van der Waals surface area contributed by atoms with Crippen LogP contribution in [0, 0.1) is 0 Å². The van der Waals surface area contributed by atoms with Gasteiger partial charge in [-0.1, -0.05) is 0 Å². The average Bonchev–Trinajstić information content (AvgIpc) is 2.16. The molecule has 0 aliphatic carbocycles. The first kappa shape index (κ1) is 8.81. The molecule has 13 heavy (non-hydrogen) atoms. The van der Waals surface area contributed by atoms with Gasteiger partial charge in [0.15, 0.2) is 5.82 Å². The topological polar surface area (TPSA) is 28.2 Å². The molecule has 0 radical (unpaired) electrons. The molecule has 1 aliphatic heterocycles. The predicted molar refractivity (Wildman–Crippen MR) is 58.3 cm³/mol. The fraction of sp³-hybridized carbons (Fsp3) is 0.444. The zero-order valence-corrected chi connectivity index (χ0v) is 9.13. The molecule has 0 atom stereocenters. The number of halogens is 1. The van der Waals surface area contributed by atoms with Crippen LogP contribution in [0.5, 0.6) is 0 Å². The number of likely N-dealkylation sites (N-methyl/N-ethyl adjacent to an activating group) is 1. The lowest BCUT2D eigenvalue weighted by Crippen LogP contribution is -2.34. The second-order valence-corrected chi connectivity index (χ2v) is 3.95. The van der Waals surface area contributed by atoms with E-state index in [0.717, 1.165) is 35.6 Å². The monoisotopic (exact) mass is 241 g/mol. The van der Waals surface area contributed by atoms with Crippen molar-refractivity contribution in [3.05, 3.63) is 16.7 Å². The van der Waals surface area contributed by atoms with Crippen LogP contribution in [0.25, 0.3) is 0 Å². The number of anilines is 2. The standard InChI is InChI=1S/C9H12BrN3/c1-2-13-4-3-11-8-5-7(10)6-12-9(8)13/h5-6,11H,2-4H2,1H3. The van der Waals surface area contributed by atoms with Crippen LogP contribution in [0.15, 0.2) is 16.7 Å². The minimum atomic E-state index is 0.999. The van der Waals surface area contributed by atoms with Crippen LogP contribution in [0.4, 0.5) is 11.5 Å². The van der Waals surface area contributed by atoms with Gasteiger partial charge in [0, 0.05) is 30.3 Å². The highest BCUT2D eigenvalue weighted by atomic mass is 79.9. The Labute approximate surface area is 86.3 Å². The molecule has 2 rings (SSSR count). The van der Waals surface area contributed by atoms with Crippen LogP contribution < -0.4 is 10.2 Å². The highest BCUT2D eigenvalue weighted by molar-refractivity contribution is 9.10. The van der Waals surface area contributed by atoms with E-state index < -0.39 is 0 Å². The van der Waals surface area contributed by atoms with Gasteiger partial charge in [0.25, 0.3) is 0 Å². The second-order valence-electron chi connectivity index (χ2n) is 3.03. The molecule has 1 aromatic rings. The van der Waals surface area contributed by atoms with Crippen molar-refractivity contribution in [2.24, 2.45) is 0 Å². The van der Waals surface area contributed by atoms with E-state index in [0.29, 0.717) is 0 Å². The third-order valence-corrected chi connectivity index (χ3v) is 2.65. The summed E-state index contributed by atoms with van der Waals surface area (Å²) >= 11 is 3.41. The van der Waals surface area contributed by atoms with Gasteiger partial charge in [0.05, 0.1) is 5.69 Å². The largest absolute Gasteiger partial charge is 0.380 e. The quantitative estimate of drug-likeness (QED) is 0.817. The molecule has 0 bridgehead atoms. The smallest absolute Gasteiger partial charge is 0.152 e. The van der Waals surface area contributed by atoms with Gasteiger partial charge in [0.2, 0.25) is 0 Å². The maximum atomic E-state index is 4.39. The Kier molecular flexibility index (Phi) is 2.40. The number of rotatable bonds is 1. The van der Waals surface area contributed by atoms with E-state index in [1.165, 1.54) is 0 Å². The number of nitrogens with zero attached hydrogens (tertiary/aromatic N) is 2. The summed E-state index contributed by atoms with van der Waals surface area (Å²) in [4.78, 5) is 6.66. The first-order valence-corrected chi connectivity index (χ1v) is 5.25. The van der Waals surface area contributed by atoms with Gasteiger partial charge in [-0.15, -0.1) is 0 Å². The summed E-state index contributed by atoms with van der Waals surface area (Å²) in [5.41, 5.74) is 1.13. The highest BCUT2D eigenvalue weighted by Gasteiger charge is 2.15. The Morgan fingerprint density at radius 1 is 1.69 bits per heavy atom. The molecule has 2 heterocycles. The lowest BCUT2D eigenvalue weighted by molar-refractivity contribution is 0.796. The minimum Gasteiger partial charge on any atom is -0.380 e. The van der Waals surface area contributed by atoms with Crippen molar-refractivity contribution in [2.45, 2.75) is 6.92 Å². The number of hydrogen-bond acceptors (Lipinski definition) is 3. The van der Waals surface area contributed by atoms with E-state index in [1.54, 1.807) is 0 Å². The molecule has 0 saturated heterocycles. The van der Waals surface area contributed by atoms with Crippen LogP contribution in [0.3, 0.4) is 0 Å². The van der Waals surface area contributed by atoms with Gasteiger partial charge in [-0.05, 0) is 28.9 Å². The first-order valence-electron chi connectivity index (χ1n) is 4.45. The summed E-state index contributed by atoms with van der Waals surface area (Å²) in [5.74, 6) is 1.07. The van der Waals surface area contributed by atoms with Crippen molar-refractivity contribution in [3.8, 4) is 0 Å². The van der Waals surface area contributed by atoms with Crippen molar-refractivity contribution >= 4 is 27.4 Å². The SMILES string of the molecule is CCN1CCNc2cc(Br)cnc21. The number of aromatic nitrogens is 1. The Morgan fingerprint density at radius 3 is 3.31 bits per heavy atom. The molecule has 0 amide bonds. The third kappa shape index (κ3) is 1.63. The number of pyridine rings is 1. The van der Waals surface area contributed by atoms with E-state index in [4.69, 9.17) is 0 Å². The number of nitrogens with one attached hydrogen (secondary N) is 1. The summed E-state index contributed by atoms with van der Waals surface area (Å²) in [7, 11) is 0. The van der Waals surface area contributed by atoms with Gasteiger partial charge in [0.1, 0.15) is 0 Å². The molecular formula is C9H12BrN3. The first-order chi connectivity index (χ1) is 6.31. The Bertz CT molecular complexity index is 314. The van der Waals surface area contributed by atoms with Crippen molar-refractivity contribution in [1.82, 2.24) is 4.98 Å². The third-order valence-electron chi connectivity index (χ3n) is 2.21. The molecule has 1 aromatic heterocycles. The molecule has 0 unspecified atom stereocenters. The van der Waals surface area contributed by atoms with Gasteiger partial charge in [-0.25, -0.2) is 4.98 Å². The second kappa shape index (κ2) is 3.54. The molecular weight excluding hydrogens is 230 g/mol. The fourth-order valence-corrected chi connectivity index (χ4v) is 1.88. The van der Waals surface area contributed by atoms with Crippen molar-refractivity contribution in [2.75, 3.05) is 29.9 Å². The molecule has 0 aromatic carbocycles. The summed E-state index contributed by atoms with van der Waals surface area (Å²) < 4.78 is 1.02. The molecule has 1 aliphatic rings. The van der Waals surface area contributed by atoms with Gasteiger partial charge in [-0.2, -0.15) is 0 Å². The van der Waals surface area contributed by atoms with E-state index in [9.17, 15) is 0 Å². The van der Waals surface area contributed by atoms with Crippen LogP contribution >= 0.6 is 15.9 Å². The van der Waals surface area contributed by atoms with Crippen molar-refractivity contribution < 1.29 is 0 Å². The number of hydrogen-bond donors (Lipinski definition) is 1. The lowest BCUT2D eigenvalue weighted by Gasteiger charge is -2.29. The normalized spacial score (nSPS) is 15.1. The molecule has 0 fully saturated rings. The van der Waals surface area contributed by atoms with Gasteiger partial charge >= 0.3 is 0 Å². The summed E-state index contributed by atoms with van der Waals surface area (Å²) in [6.45, 7) is 5.21. The van der Waals surface area contributed by atoms with Gasteiger partial charge in [-0.3, -0.25) is 0 Å². The van der Waals surface area contributed by atoms with Gasteiger partial charge < -0.3 is 10.2 Å². The zero-order valence-electron chi connectivity index (χ0n) is 7.55. The Hall–Kier alpha value is -0.770. The zero-order chi connectivity index (χ0) is 9.26. The summed E-state index contributed by atoms with van der Waals surface area (Å²) in [6.07, 6.45) is 1.84. The van der Waals surface area contributed by atoms with Crippen LogP contribution in [-0.2, 0) is 0 Å². The van der Waals surface area contributed by atoms with Crippen LogP contribution in [0.1, 0.15) is 6.92 Å². The van der Waals surface area contributed by atoms with E-state index in [2.05, 4.69) is 44.1 Å². The van der Waals surface area contributed by atoms with Crippen LogP contribution in [-0.4, -0.2) is 24.6 Å². The molecule has 70 valence electrons. The molecule has 3 nitrogen and oxygen atoms in total.